The lowest BCUT2D eigenvalue weighted by Gasteiger charge is -2.31. The smallest absolute Gasteiger partial charge is 0.193 e. The van der Waals surface area contributed by atoms with Gasteiger partial charge in [-0.2, -0.15) is 0 Å². The number of nitrogens with zero attached hydrogens (tertiary/aromatic N) is 1. The van der Waals surface area contributed by atoms with Crippen molar-refractivity contribution in [2.75, 3.05) is 6.61 Å². The SMILES string of the molecule is CCOC(=C1CC1)C1=C(C(C)C)NC(N)=NC1c1cccc2ccccc12. The van der Waals surface area contributed by atoms with Crippen molar-refractivity contribution < 1.29 is 4.74 Å². The molecule has 2 aromatic carbocycles. The van der Waals surface area contributed by atoms with Crippen LogP contribution in [0.4, 0.5) is 0 Å². The summed E-state index contributed by atoms with van der Waals surface area (Å²) in [5.41, 5.74) is 11.0. The van der Waals surface area contributed by atoms with E-state index in [4.69, 9.17) is 15.5 Å². The molecule has 0 amide bonds. The molecule has 0 saturated heterocycles. The number of nitrogens with one attached hydrogen (secondary N) is 1. The van der Waals surface area contributed by atoms with Crippen molar-refractivity contribution >= 4 is 16.7 Å². The Bertz CT molecular complexity index is 957. The standard InChI is InChI=1S/C23H27N3O/c1-4-27-22(16-12-13-16)19-20(14(2)3)25-23(24)26-21(19)18-11-7-9-15-8-5-6-10-17(15)18/h5-11,14,21H,4,12-13H2,1-3H3,(H3,24,25,26). The van der Waals surface area contributed by atoms with E-state index >= 15 is 0 Å². The van der Waals surface area contributed by atoms with E-state index in [1.54, 1.807) is 0 Å². The van der Waals surface area contributed by atoms with Gasteiger partial charge in [0.25, 0.3) is 0 Å². The average molecular weight is 361 g/mol. The number of ether oxygens (including phenoxy) is 1. The molecule has 1 fully saturated rings. The fraction of sp³-hybridized carbons (Fsp3) is 0.348. The first kappa shape index (κ1) is 17.7. The molecule has 4 rings (SSSR count). The van der Waals surface area contributed by atoms with Crippen molar-refractivity contribution in [1.82, 2.24) is 5.32 Å². The summed E-state index contributed by atoms with van der Waals surface area (Å²) in [6.45, 7) is 7.05. The first-order valence-electron chi connectivity index (χ1n) is 9.77. The highest BCUT2D eigenvalue weighted by molar-refractivity contribution is 5.88. The molecule has 4 nitrogen and oxygen atoms in total. The van der Waals surface area contributed by atoms with Gasteiger partial charge in [-0.05, 0) is 47.6 Å². The topological polar surface area (TPSA) is 59.6 Å². The summed E-state index contributed by atoms with van der Waals surface area (Å²) in [6.07, 6.45) is 2.21. The summed E-state index contributed by atoms with van der Waals surface area (Å²) < 4.78 is 6.16. The number of guanidine groups is 1. The molecule has 1 aliphatic carbocycles. The van der Waals surface area contributed by atoms with Gasteiger partial charge in [-0.3, -0.25) is 0 Å². The van der Waals surface area contributed by atoms with E-state index in [0.717, 1.165) is 29.9 Å². The van der Waals surface area contributed by atoms with Crippen molar-refractivity contribution in [2.24, 2.45) is 16.6 Å². The van der Waals surface area contributed by atoms with Gasteiger partial charge in [-0.15, -0.1) is 0 Å². The number of allylic oxidation sites excluding steroid dienone is 2. The molecule has 140 valence electrons. The van der Waals surface area contributed by atoms with Gasteiger partial charge in [-0.1, -0.05) is 56.3 Å². The summed E-state index contributed by atoms with van der Waals surface area (Å²) >= 11 is 0. The van der Waals surface area contributed by atoms with Crippen LogP contribution < -0.4 is 11.1 Å². The summed E-state index contributed by atoms with van der Waals surface area (Å²) in [6, 6.07) is 14.7. The van der Waals surface area contributed by atoms with Gasteiger partial charge < -0.3 is 15.8 Å². The second-order valence-electron chi connectivity index (χ2n) is 7.46. The molecule has 0 radical (unpaired) electrons. The predicted molar refractivity (Wildman–Crippen MR) is 111 cm³/mol. The highest BCUT2D eigenvalue weighted by Gasteiger charge is 2.34. The fourth-order valence-corrected chi connectivity index (χ4v) is 3.81. The lowest BCUT2D eigenvalue weighted by Crippen LogP contribution is -2.38. The van der Waals surface area contributed by atoms with E-state index in [1.807, 2.05) is 6.92 Å². The third-order valence-corrected chi connectivity index (χ3v) is 5.14. The second kappa shape index (κ2) is 7.10. The zero-order chi connectivity index (χ0) is 19.0. The first-order chi connectivity index (χ1) is 13.1. The maximum atomic E-state index is 6.21. The molecule has 0 spiro atoms. The normalized spacial score (nSPS) is 19.2. The van der Waals surface area contributed by atoms with Crippen molar-refractivity contribution in [1.29, 1.82) is 0 Å². The highest BCUT2D eigenvalue weighted by atomic mass is 16.5. The second-order valence-corrected chi connectivity index (χ2v) is 7.46. The lowest BCUT2D eigenvalue weighted by molar-refractivity contribution is 0.231. The molecule has 1 aliphatic heterocycles. The number of rotatable bonds is 5. The summed E-state index contributed by atoms with van der Waals surface area (Å²) in [5.74, 6) is 1.78. The van der Waals surface area contributed by atoms with Gasteiger partial charge in [-0.25, -0.2) is 4.99 Å². The molecular formula is C23H27N3O. The zero-order valence-corrected chi connectivity index (χ0v) is 16.3. The van der Waals surface area contributed by atoms with Gasteiger partial charge in [0.2, 0.25) is 0 Å². The number of nitrogens with two attached hydrogens (primary N) is 1. The maximum Gasteiger partial charge on any atom is 0.193 e. The molecule has 27 heavy (non-hydrogen) atoms. The molecule has 1 saturated carbocycles. The Morgan fingerprint density at radius 1 is 1.19 bits per heavy atom. The minimum Gasteiger partial charge on any atom is -0.493 e. The Balaban J connectivity index is 1.95. The molecule has 0 aromatic heterocycles. The molecular weight excluding hydrogens is 334 g/mol. The van der Waals surface area contributed by atoms with Crippen LogP contribution >= 0.6 is 0 Å². The Kier molecular flexibility index (Phi) is 4.65. The quantitative estimate of drug-likeness (QED) is 0.753. The van der Waals surface area contributed by atoms with Crippen LogP contribution in [-0.2, 0) is 4.74 Å². The van der Waals surface area contributed by atoms with E-state index in [0.29, 0.717) is 18.5 Å². The number of hydrogen-bond acceptors (Lipinski definition) is 4. The Labute approximate surface area is 160 Å². The summed E-state index contributed by atoms with van der Waals surface area (Å²) in [4.78, 5) is 4.84. The van der Waals surface area contributed by atoms with Gasteiger partial charge in [0.05, 0.1) is 6.61 Å². The van der Waals surface area contributed by atoms with Gasteiger partial charge in [0.1, 0.15) is 11.8 Å². The van der Waals surface area contributed by atoms with E-state index in [2.05, 4.69) is 61.6 Å². The highest BCUT2D eigenvalue weighted by Crippen LogP contribution is 2.45. The fourth-order valence-electron chi connectivity index (χ4n) is 3.81. The number of aliphatic imine (C=N–C) groups is 1. The Hall–Kier alpha value is -2.75. The third kappa shape index (κ3) is 3.32. The molecule has 1 unspecified atom stereocenters. The summed E-state index contributed by atoms with van der Waals surface area (Å²) in [5, 5.41) is 5.75. The minimum absolute atomic E-state index is 0.163. The van der Waals surface area contributed by atoms with Crippen molar-refractivity contribution in [3.63, 3.8) is 0 Å². The Morgan fingerprint density at radius 2 is 1.93 bits per heavy atom. The van der Waals surface area contributed by atoms with Crippen molar-refractivity contribution in [2.45, 2.75) is 39.7 Å². The molecule has 1 heterocycles. The first-order valence-corrected chi connectivity index (χ1v) is 9.77. The Morgan fingerprint density at radius 3 is 2.63 bits per heavy atom. The predicted octanol–water partition coefficient (Wildman–Crippen LogP) is 4.79. The molecule has 0 bridgehead atoms. The molecule has 2 aliphatic rings. The molecule has 2 aromatic rings. The van der Waals surface area contributed by atoms with E-state index < -0.39 is 0 Å². The van der Waals surface area contributed by atoms with Crippen molar-refractivity contribution in [3.8, 4) is 0 Å². The lowest BCUT2D eigenvalue weighted by atomic mass is 9.88. The van der Waals surface area contributed by atoms with Crippen LogP contribution in [0.5, 0.6) is 0 Å². The van der Waals surface area contributed by atoms with Gasteiger partial charge in [0, 0.05) is 11.3 Å². The van der Waals surface area contributed by atoms with Crippen molar-refractivity contribution in [3.05, 3.63) is 70.6 Å². The minimum atomic E-state index is -0.163. The van der Waals surface area contributed by atoms with Crippen LogP contribution in [0.3, 0.4) is 0 Å². The van der Waals surface area contributed by atoms with Gasteiger partial charge in [0.15, 0.2) is 5.96 Å². The number of benzene rings is 2. The van der Waals surface area contributed by atoms with Crippen LogP contribution in [0.2, 0.25) is 0 Å². The van der Waals surface area contributed by atoms with Gasteiger partial charge >= 0.3 is 0 Å². The third-order valence-electron chi connectivity index (χ3n) is 5.14. The van der Waals surface area contributed by atoms with Crippen LogP contribution in [0.15, 0.2) is 70.1 Å². The zero-order valence-electron chi connectivity index (χ0n) is 16.3. The van der Waals surface area contributed by atoms with E-state index in [9.17, 15) is 0 Å². The molecule has 1 atom stereocenters. The summed E-state index contributed by atoms with van der Waals surface area (Å²) in [7, 11) is 0. The number of hydrogen-bond donors (Lipinski definition) is 2. The molecule has 4 heteroatoms. The monoisotopic (exact) mass is 361 g/mol. The van der Waals surface area contributed by atoms with Crippen LogP contribution in [0.25, 0.3) is 10.8 Å². The van der Waals surface area contributed by atoms with Crippen LogP contribution in [0.1, 0.15) is 45.2 Å². The number of fused-ring (bicyclic) bond motifs is 1. The molecule has 3 N–H and O–H groups in total. The van der Waals surface area contributed by atoms with Crippen LogP contribution in [0, 0.1) is 5.92 Å². The van der Waals surface area contributed by atoms with E-state index in [-0.39, 0.29) is 6.04 Å². The largest absolute Gasteiger partial charge is 0.493 e. The maximum absolute atomic E-state index is 6.21. The van der Waals surface area contributed by atoms with Crippen LogP contribution in [-0.4, -0.2) is 12.6 Å². The average Bonchev–Trinajstić information content (AvgIpc) is 3.50. The van der Waals surface area contributed by atoms with E-state index in [1.165, 1.54) is 21.9 Å².